The van der Waals surface area contributed by atoms with Gasteiger partial charge in [-0.15, -0.1) is 0 Å². The Morgan fingerprint density at radius 1 is 0.269 bits per heavy atom. The number of halogens is 10. The van der Waals surface area contributed by atoms with Gasteiger partial charge in [-0.1, -0.05) is 183 Å². The average molecular weight is 1390 g/mol. The Morgan fingerprint density at radius 2 is 0.567 bits per heavy atom. The van der Waals surface area contributed by atoms with E-state index in [0.717, 1.165) is 55.6 Å². The van der Waals surface area contributed by atoms with Gasteiger partial charge in [0.15, 0.2) is 46.5 Å². The topological polar surface area (TPSA) is 24.9 Å². The number of nitrogens with zero attached hydrogens (tertiary/aromatic N) is 2. The maximum absolute atomic E-state index is 16.7. The molecule has 0 fully saturated rings. The van der Waals surface area contributed by atoms with Gasteiger partial charge in [-0.05, 0) is 210 Å². The van der Waals surface area contributed by atoms with Gasteiger partial charge in [-0.3, -0.25) is 0 Å². The molecule has 0 N–H and O–H groups in total. The number of hydrogen-bond acceptors (Lipinski definition) is 4. The molecule has 104 heavy (non-hydrogen) atoms. The predicted octanol–water partition coefficient (Wildman–Crippen LogP) is 25.3. The highest BCUT2D eigenvalue weighted by Crippen LogP contribution is 2.60. The van der Waals surface area contributed by atoms with Gasteiger partial charge >= 0.3 is 0 Å². The monoisotopic (exact) mass is 1380 g/mol. The Balaban J connectivity index is 0.798. The zero-order valence-corrected chi connectivity index (χ0v) is 54.8. The fourth-order valence-electron chi connectivity index (χ4n) is 14.9. The van der Waals surface area contributed by atoms with E-state index in [4.69, 9.17) is 9.47 Å². The van der Waals surface area contributed by atoms with E-state index in [0.29, 0.717) is 68.5 Å². The van der Waals surface area contributed by atoms with E-state index in [2.05, 4.69) is 13.2 Å². The highest BCUT2D eigenvalue weighted by atomic mass is 19.2. The lowest BCUT2D eigenvalue weighted by Gasteiger charge is -2.35. The minimum atomic E-state index is -2.05. The largest absolute Gasteiger partial charge is 0.457 e. The highest BCUT2D eigenvalue weighted by Gasteiger charge is 2.49. The van der Waals surface area contributed by atoms with Gasteiger partial charge in [-0.2, -0.15) is 0 Å². The molecule has 0 aromatic heterocycles. The minimum absolute atomic E-state index is 0.164. The van der Waals surface area contributed by atoms with Crippen LogP contribution in [0, 0.1) is 58.2 Å². The molecule has 4 nitrogen and oxygen atoms in total. The Hall–Kier alpha value is -12.9. The lowest BCUT2D eigenvalue weighted by Crippen LogP contribution is -2.29. The van der Waals surface area contributed by atoms with Crippen LogP contribution in [0.25, 0.3) is 45.5 Å². The number of ether oxygens (including phenoxy) is 2. The molecule has 2 unspecified atom stereocenters. The number of hydrogen-bond donors (Lipinski definition) is 0. The van der Waals surface area contributed by atoms with Crippen molar-refractivity contribution < 1.29 is 53.4 Å². The van der Waals surface area contributed by atoms with Crippen LogP contribution in [-0.4, -0.2) is 0 Å². The van der Waals surface area contributed by atoms with E-state index >= 15 is 43.9 Å². The lowest BCUT2D eigenvalue weighted by molar-refractivity contribution is 0.410. The second-order valence-electron chi connectivity index (χ2n) is 25.3. The maximum Gasteiger partial charge on any atom is 0.199 e. The molecule has 2 aliphatic carbocycles. The summed E-state index contributed by atoms with van der Waals surface area (Å²) in [6.07, 6.45) is 3.45. The van der Waals surface area contributed by atoms with Crippen LogP contribution in [-0.2, 0) is 10.8 Å². The van der Waals surface area contributed by atoms with Crippen molar-refractivity contribution in [1.82, 2.24) is 0 Å². The first-order valence-corrected chi connectivity index (χ1v) is 33.0. The van der Waals surface area contributed by atoms with E-state index in [1.54, 1.807) is 109 Å². The second kappa shape index (κ2) is 26.2. The molecule has 506 valence electrons. The smallest absolute Gasteiger partial charge is 0.199 e. The summed E-state index contributed by atoms with van der Waals surface area (Å²) in [5, 5.41) is 0. The number of benzene rings is 14. The van der Waals surface area contributed by atoms with Crippen molar-refractivity contribution in [3.8, 4) is 56.4 Å². The van der Waals surface area contributed by atoms with Gasteiger partial charge in [0.05, 0.1) is 22.2 Å². The van der Waals surface area contributed by atoms with Crippen LogP contribution in [0.2, 0.25) is 0 Å². The number of rotatable bonds is 17. The van der Waals surface area contributed by atoms with Crippen LogP contribution in [0.15, 0.2) is 304 Å². The first-order valence-electron chi connectivity index (χ1n) is 33.0. The van der Waals surface area contributed by atoms with Crippen LogP contribution < -0.4 is 19.3 Å². The van der Waals surface area contributed by atoms with E-state index in [-0.39, 0.29) is 22.7 Å². The van der Waals surface area contributed by atoms with E-state index < -0.39 is 80.4 Å². The van der Waals surface area contributed by atoms with Gasteiger partial charge in [0.1, 0.15) is 34.6 Å². The summed E-state index contributed by atoms with van der Waals surface area (Å²) in [7, 11) is 0. The van der Waals surface area contributed by atoms with Gasteiger partial charge in [0.2, 0.25) is 0 Å². The van der Waals surface area contributed by atoms with Crippen molar-refractivity contribution in [3.63, 3.8) is 0 Å². The molecular formula is C90H54F10N2O2. The molecule has 14 heteroatoms. The first-order chi connectivity index (χ1) is 50.5. The van der Waals surface area contributed by atoms with Gasteiger partial charge < -0.3 is 19.3 Å². The third kappa shape index (κ3) is 11.0. The summed E-state index contributed by atoms with van der Waals surface area (Å²) in [6, 6.07) is 81.7. The van der Waals surface area contributed by atoms with Crippen LogP contribution in [0.5, 0.6) is 23.0 Å². The summed E-state index contributed by atoms with van der Waals surface area (Å²) in [4.78, 5) is 2.53. The summed E-state index contributed by atoms with van der Waals surface area (Å²) in [6.45, 7) is 7.66. The summed E-state index contributed by atoms with van der Waals surface area (Å²) < 4.78 is 169. The maximum atomic E-state index is 16.7. The summed E-state index contributed by atoms with van der Waals surface area (Å²) >= 11 is 0. The van der Waals surface area contributed by atoms with Gasteiger partial charge in [0, 0.05) is 34.9 Å². The van der Waals surface area contributed by atoms with Gasteiger partial charge in [-0.25, -0.2) is 43.9 Å². The van der Waals surface area contributed by atoms with Gasteiger partial charge in [0.25, 0.3) is 0 Å². The first kappa shape index (κ1) is 65.7. The molecule has 0 amide bonds. The summed E-state index contributed by atoms with van der Waals surface area (Å²) in [5.41, 5.74) is 8.49. The molecule has 0 radical (unpaired) electrons. The molecule has 0 aliphatic heterocycles. The van der Waals surface area contributed by atoms with Crippen molar-refractivity contribution in [3.05, 3.63) is 418 Å². The van der Waals surface area contributed by atoms with E-state index in [1.165, 1.54) is 34.1 Å². The molecule has 16 rings (SSSR count). The molecule has 0 heterocycles. The Kier molecular flexibility index (Phi) is 16.6. The van der Waals surface area contributed by atoms with Crippen LogP contribution in [0.1, 0.15) is 55.6 Å². The average Bonchev–Trinajstić information content (AvgIpc) is 1.54. The second-order valence-corrected chi connectivity index (χ2v) is 25.3. The standard InChI is InChI=1S/C90H54F10N2O2/c1-3-53-13-39-67(40-14-53)103-69-43-25-59(26-44-69)89(57-21-29-61(91)30-22-57)75-11-7-5-9-71(75)73-47-37-65(49-77(73)89)101(81-51-79(93)83(95)87(99)85(81)97)63-33-17-55(18-34-63)56-19-35-64(36-20-56)102(82-52-80(94)84(96)88(100)86(82)98)66-38-48-74-72-10-6-8-12-76(72)90(78(74)50-66,58-23-31-62(92)32-24-58)60-27-45-70(46-28-60)104-68-41-15-54(4-2)16-42-68/h3-52H,1-2H2. The van der Waals surface area contributed by atoms with Crippen molar-refractivity contribution in [2.24, 2.45) is 0 Å². The SMILES string of the molecule is C=Cc1ccc(Oc2ccc(C3(c4ccc(F)cc4)c4ccccc4-c4ccc(N(c5ccc(-c6ccc(N(c7ccc8c(c7)C(c7ccc(F)cc7)(c7ccc(Oc9ccc(C=C)cc9)cc7)c7ccccc7-8)c7cc(F)c(F)c(F)c7F)cc6)cc5)c5cc(F)c(F)c(F)c5F)cc43)cc2)cc1. The number of anilines is 6. The molecule has 0 saturated carbocycles. The number of fused-ring (bicyclic) bond motifs is 6. The molecule has 2 aliphatic rings. The zero-order chi connectivity index (χ0) is 71.7. The molecule has 14 aromatic rings. The Bertz CT molecular complexity index is 5340. The fourth-order valence-corrected chi connectivity index (χ4v) is 14.9. The Morgan fingerprint density at radius 3 is 0.904 bits per heavy atom. The fraction of sp³-hybridized carbons (Fsp3) is 0.0222. The summed E-state index contributed by atoms with van der Waals surface area (Å²) in [5.74, 6) is -13.6. The Labute approximate surface area is 591 Å². The third-order valence-corrected chi connectivity index (χ3v) is 19.6. The molecular weight excluding hydrogens is 1330 g/mol. The highest BCUT2D eigenvalue weighted by molar-refractivity contribution is 5.92. The molecule has 0 spiro atoms. The van der Waals surface area contributed by atoms with Crippen LogP contribution in [0.3, 0.4) is 0 Å². The van der Waals surface area contributed by atoms with Crippen LogP contribution in [0.4, 0.5) is 78.0 Å². The zero-order valence-electron chi connectivity index (χ0n) is 54.8. The lowest BCUT2D eigenvalue weighted by atomic mass is 9.67. The van der Waals surface area contributed by atoms with Crippen molar-refractivity contribution in [2.75, 3.05) is 9.80 Å². The minimum Gasteiger partial charge on any atom is -0.457 e. The van der Waals surface area contributed by atoms with Crippen molar-refractivity contribution >= 4 is 46.3 Å². The molecule has 2 atom stereocenters. The van der Waals surface area contributed by atoms with Crippen molar-refractivity contribution in [2.45, 2.75) is 10.8 Å². The van der Waals surface area contributed by atoms with Crippen molar-refractivity contribution in [1.29, 1.82) is 0 Å². The molecule has 14 aromatic carbocycles. The van der Waals surface area contributed by atoms with E-state index in [1.807, 2.05) is 158 Å². The normalized spacial score (nSPS) is 14.6. The molecule has 0 saturated heterocycles. The third-order valence-electron chi connectivity index (χ3n) is 19.6. The van der Waals surface area contributed by atoms with E-state index in [9.17, 15) is 0 Å². The van der Waals surface area contributed by atoms with Crippen LogP contribution >= 0.6 is 0 Å². The predicted molar refractivity (Wildman–Crippen MR) is 389 cm³/mol. The molecule has 0 bridgehead atoms. The quantitative estimate of drug-likeness (QED) is 0.0515.